The normalized spacial score (nSPS) is 14.8. The highest BCUT2D eigenvalue weighted by Crippen LogP contribution is 2.20. The van der Waals surface area contributed by atoms with Crippen LogP contribution in [-0.4, -0.2) is 41.6 Å². The third kappa shape index (κ3) is 3.41. The van der Waals surface area contributed by atoms with Crippen molar-refractivity contribution in [2.24, 2.45) is 0 Å². The number of halogens is 1. The second kappa shape index (κ2) is 6.64. The third-order valence-electron chi connectivity index (χ3n) is 4.03. The van der Waals surface area contributed by atoms with Gasteiger partial charge in [-0.05, 0) is 18.2 Å². The predicted octanol–water partition coefficient (Wildman–Crippen LogP) is 1.34. The average molecular weight is 315 g/mol. The fraction of sp³-hybridized carbons (Fsp3) is 0.294. The molecule has 0 bridgehead atoms. The minimum absolute atomic E-state index is 0.0410. The maximum absolute atomic E-state index is 13.8. The monoisotopic (exact) mass is 315 g/mol. The summed E-state index contributed by atoms with van der Waals surface area (Å²) < 4.78 is 15.2. The summed E-state index contributed by atoms with van der Waals surface area (Å²) in [5.74, 6) is -0.338. The summed E-state index contributed by atoms with van der Waals surface area (Å²) in [6.45, 7) is 2.25. The lowest BCUT2D eigenvalue weighted by Crippen LogP contribution is -2.50. The summed E-state index contributed by atoms with van der Waals surface area (Å²) in [6, 6.07) is 11.5. The number of benzene rings is 1. The number of anilines is 1. The first kappa shape index (κ1) is 15.3. The Morgan fingerprint density at radius 2 is 1.70 bits per heavy atom. The van der Waals surface area contributed by atoms with E-state index in [1.807, 2.05) is 4.90 Å². The molecule has 23 heavy (non-hydrogen) atoms. The van der Waals surface area contributed by atoms with Gasteiger partial charge in [-0.3, -0.25) is 9.59 Å². The van der Waals surface area contributed by atoms with Crippen LogP contribution in [0.4, 0.5) is 10.1 Å². The van der Waals surface area contributed by atoms with Crippen molar-refractivity contribution in [3.8, 4) is 0 Å². The molecule has 1 aliphatic heterocycles. The highest BCUT2D eigenvalue weighted by molar-refractivity contribution is 5.76. The minimum Gasteiger partial charge on any atom is -0.366 e. The molecule has 2 heterocycles. The lowest BCUT2D eigenvalue weighted by molar-refractivity contribution is -0.132. The first-order valence-electron chi connectivity index (χ1n) is 7.58. The lowest BCUT2D eigenvalue weighted by Gasteiger charge is -2.36. The van der Waals surface area contributed by atoms with Crippen LogP contribution in [0, 0.1) is 5.82 Å². The largest absolute Gasteiger partial charge is 0.366 e. The van der Waals surface area contributed by atoms with Crippen LogP contribution in [0.25, 0.3) is 0 Å². The van der Waals surface area contributed by atoms with Crippen molar-refractivity contribution in [2.45, 2.75) is 6.54 Å². The Balaban J connectivity index is 1.61. The summed E-state index contributed by atoms with van der Waals surface area (Å²) in [4.78, 5) is 27.6. The maximum atomic E-state index is 13.8. The van der Waals surface area contributed by atoms with Crippen molar-refractivity contribution in [1.29, 1.82) is 0 Å². The molecule has 120 valence electrons. The average Bonchev–Trinajstić information content (AvgIpc) is 2.57. The molecule has 2 aromatic rings. The quantitative estimate of drug-likeness (QED) is 0.858. The summed E-state index contributed by atoms with van der Waals surface area (Å²) in [5.41, 5.74) is 0.379. The number of hydrogen-bond donors (Lipinski definition) is 0. The SMILES string of the molecule is O=C(Cn1ccccc1=O)N1CCN(c2ccccc2F)CC1. The number of nitrogens with zero attached hydrogens (tertiary/aromatic N) is 3. The number of pyridine rings is 1. The number of aromatic nitrogens is 1. The van der Waals surface area contributed by atoms with E-state index in [4.69, 9.17) is 0 Å². The van der Waals surface area contributed by atoms with E-state index in [-0.39, 0.29) is 23.8 Å². The van der Waals surface area contributed by atoms with Crippen molar-refractivity contribution in [2.75, 3.05) is 31.1 Å². The van der Waals surface area contributed by atoms with Gasteiger partial charge in [0.15, 0.2) is 0 Å². The van der Waals surface area contributed by atoms with Crippen LogP contribution in [0.5, 0.6) is 0 Å². The zero-order valence-corrected chi connectivity index (χ0v) is 12.7. The van der Waals surface area contributed by atoms with Gasteiger partial charge in [0, 0.05) is 38.4 Å². The van der Waals surface area contributed by atoms with E-state index in [0.29, 0.717) is 31.9 Å². The van der Waals surface area contributed by atoms with Crippen molar-refractivity contribution in [3.63, 3.8) is 0 Å². The second-order valence-corrected chi connectivity index (χ2v) is 5.49. The fourth-order valence-electron chi connectivity index (χ4n) is 2.74. The van der Waals surface area contributed by atoms with Crippen molar-refractivity contribution in [3.05, 3.63) is 64.8 Å². The first-order chi connectivity index (χ1) is 11.1. The standard InChI is InChI=1S/C17H18FN3O2/c18-14-5-1-2-6-15(14)19-9-11-20(12-10-19)17(23)13-21-8-4-3-7-16(21)22/h1-8H,9-13H2. The Hall–Kier alpha value is -2.63. The van der Waals surface area contributed by atoms with E-state index in [1.54, 1.807) is 41.4 Å². The number of carbonyl (C=O) groups excluding carboxylic acids is 1. The molecule has 0 aliphatic carbocycles. The second-order valence-electron chi connectivity index (χ2n) is 5.49. The Morgan fingerprint density at radius 1 is 1.00 bits per heavy atom. The van der Waals surface area contributed by atoms with E-state index in [0.717, 1.165) is 0 Å². The van der Waals surface area contributed by atoms with Gasteiger partial charge >= 0.3 is 0 Å². The Kier molecular flexibility index (Phi) is 4.41. The zero-order valence-electron chi connectivity index (χ0n) is 12.7. The molecule has 6 heteroatoms. The van der Waals surface area contributed by atoms with Gasteiger partial charge < -0.3 is 14.4 Å². The molecule has 0 spiro atoms. The maximum Gasteiger partial charge on any atom is 0.250 e. The highest BCUT2D eigenvalue weighted by Gasteiger charge is 2.22. The smallest absolute Gasteiger partial charge is 0.250 e. The van der Waals surface area contributed by atoms with Gasteiger partial charge in [0.25, 0.3) is 5.56 Å². The number of piperazine rings is 1. The number of rotatable bonds is 3. The lowest BCUT2D eigenvalue weighted by atomic mass is 10.2. The minimum atomic E-state index is -0.247. The molecule has 0 N–H and O–H groups in total. The van der Waals surface area contributed by atoms with Crippen LogP contribution in [0.15, 0.2) is 53.5 Å². The molecule has 0 unspecified atom stereocenters. The summed E-state index contributed by atoms with van der Waals surface area (Å²) in [6.07, 6.45) is 1.61. The van der Waals surface area contributed by atoms with Gasteiger partial charge in [-0.2, -0.15) is 0 Å². The molecule has 0 saturated carbocycles. The predicted molar refractivity (Wildman–Crippen MR) is 85.9 cm³/mol. The zero-order chi connectivity index (χ0) is 16.2. The number of amides is 1. The van der Waals surface area contributed by atoms with Gasteiger partial charge in [-0.25, -0.2) is 4.39 Å². The van der Waals surface area contributed by atoms with Crippen LogP contribution in [0.1, 0.15) is 0 Å². The van der Waals surface area contributed by atoms with Crippen LogP contribution in [0.3, 0.4) is 0 Å². The molecule has 1 aromatic heterocycles. The van der Waals surface area contributed by atoms with E-state index >= 15 is 0 Å². The van der Waals surface area contributed by atoms with Crippen molar-refractivity contribution >= 4 is 11.6 Å². The number of carbonyl (C=O) groups is 1. The van der Waals surface area contributed by atoms with E-state index in [9.17, 15) is 14.0 Å². The first-order valence-corrected chi connectivity index (χ1v) is 7.58. The van der Waals surface area contributed by atoms with Gasteiger partial charge in [-0.1, -0.05) is 18.2 Å². The Bertz CT molecular complexity index is 751. The van der Waals surface area contributed by atoms with Gasteiger partial charge in [-0.15, -0.1) is 0 Å². The molecule has 1 amide bonds. The van der Waals surface area contributed by atoms with E-state index < -0.39 is 0 Å². The summed E-state index contributed by atoms with van der Waals surface area (Å²) in [5, 5.41) is 0. The van der Waals surface area contributed by atoms with Gasteiger partial charge in [0.05, 0.1) is 5.69 Å². The van der Waals surface area contributed by atoms with Crippen LogP contribution in [-0.2, 0) is 11.3 Å². The van der Waals surface area contributed by atoms with Crippen molar-refractivity contribution < 1.29 is 9.18 Å². The topological polar surface area (TPSA) is 45.6 Å². The van der Waals surface area contributed by atoms with Crippen LogP contribution in [0.2, 0.25) is 0 Å². The van der Waals surface area contributed by atoms with Crippen LogP contribution < -0.4 is 10.5 Å². The molecule has 5 nitrogen and oxygen atoms in total. The molecule has 1 aromatic carbocycles. The third-order valence-corrected chi connectivity index (χ3v) is 4.03. The molecular weight excluding hydrogens is 297 g/mol. The molecule has 1 fully saturated rings. The summed E-state index contributed by atoms with van der Waals surface area (Å²) >= 11 is 0. The number of hydrogen-bond acceptors (Lipinski definition) is 3. The summed E-state index contributed by atoms with van der Waals surface area (Å²) in [7, 11) is 0. The number of para-hydroxylation sites is 1. The molecule has 3 rings (SSSR count). The molecule has 1 saturated heterocycles. The molecule has 0 atom stereocenters. The Morgan fingerprint density at radius 3 is 2.39 bits per heavy atom. The Labute approximate surface area is 133 Å². The fourth-order valence-corrected chi connectivity index (χ4v) is 2.74. The van der Waals surface area contributed by atoms with E-state index in [2.05, 4.69) is 0 Å². The van der Waals surface area contributed by atoms with Crippen molar-refractivity contribution in [1.82, 2.24) is 9.47 Å². The van der Waals surface area contributed by atoms with Crippen LogP contribution >= 0.6 is 0 Å². The van der Waals surface area contributed by atoms with Gasteiger partial charge in [0.1, 0.15) is 12.4 Å². The molecule has 0 radical (unpaired) electrons. The highest BCUT2D eigenvalue weighted by atomic mass is 19.1. The van der Waals surface area contributed by atoms with E-state index in [1.165, 1.54) is 16.7 Å². The van der Waals surface area contributed by atoms with Gasteiger partial charge in [0.2, 0.25) is 5.91 Å². The molecule has 1 aliphatic rings. The molecular formula is C17H18FN3O2.